The summed E-state index contributed by atoms with van der Waals surface area (Å²) in [6.07, 6.45) is 4.08. The van der Waals surface area contributed by atoms with E-state index in [2.05, 4.69) is 30.7 Å². The van der Waals surface area contributed by atoms with E-state index in [4.69, 9.17) is 10.2 Å². The van der Waals surface area contributed by atoms with Crippen LogP contribution in [0.5, 0.6) is 0 Å². The number of fused-ring (bicyclic) bond motifs is 1. The fourth-order valence-corrected chi connectivity index (χ4v) is 5.23. The quantitative estimate of drug-likeness (QED) is 0.335. The van der Waals surface area contributed by atoms with Crippen LogP contribution in [0.2, 0.25) is 0 Å². The van der Waals surface area contributed by atoms with Crippen LogP contribution in [0.15, 0.2) is 52.4 Å². The van der Waals surface area contributed by atoms with Gasteiger partial charge in [0.15, 0.2) is 0 Å². The second kappa shape index (κ2) is 6.76. The van der Waals surface area contributed by atoms with Crippen molar-refractivity contribution in [3.8, 4) is 11.4 Å². The van der Waals surface area contributed by atoms with Crippen LogP contribution >= 0.6 is 27.3 Å². The van der Waals surface area contributed by atoms with Crippen molar-refractivity contribution in [1.29, 1.82) is 0 Å². The number of halogens is 1. The Morgan fingerprint density at radius 1 is 1.21 bits per heavy atom. The van der Waals surface area contributed by atoms with Crippen LogP contribution in [0.1, 0.15) is 39.5 Å². The van der Waals surface area contributed by atoms with Crippen LogP contribution in [0.25, 0.3) is 17.0 Å². The fourth-order valence-electron chi connectivity index (χ4n) is 3.80. The molecule has 1 saturated carbocycles. The number of aromatic nitrogens is 3. The van der Waals surface area contributed by atoms with Gasteiger partial charge in [0.1, 0.15) is 16.3 Å². The third kappa shape index (κ3) is 2.99. The third-order valence-electron chi connectivity index (χ3n) is 5.46. The van der Waals surface area contributed by atoms with Crippen LogP contribution in [-0.2, 0) is 5.41 Å². The van der Waals surface area contributed by atoms with Gasteiger partial charge in [-0.2, -0.15) is 0 Å². The lowest BCUT2D eigenvalue weighted by molar-refractivity contribution is 0.0706. The molecule has 1 aliphatic rings. The van der Waals surface area contributed by atoms with Gasteiger partial charge in [-0.25, -0.2) is 15.4 Å². The Hall–Kier alpha value is -2.55. The zero-order chi connectivity index (χ0) is 20.2. The lowest BCUT2D eigenvalue weighted by Gasteiger charge is -2.13. The molecule has 1 amide bonds. The SMILES string of the molecule is Cc1nc2ccc(Br)cn2c1-c1csc(C2(c3ccc(C(=O)NO)cc3)CC2)n1. The monoisotopic (exact) mass is 468 g/mol. The molecular formula is C21H17BrN4O2S. The second-order valence-corrected chi connectivity index (χ2v) is 9.03. The van der Waals surface area contributed by atoms with E-state index in [9.17, 15) is 4.79 Å². The molecule has 0 aliphatic heterocycles. The topological polar surface area (TPSA) is 79.5 Å². The van der Waals surface area contributed by atoms with Crippen LogP contribution < -0.4 is 5.48 Å². The molecule has 1 aliphatic carbocycles. The van der Waals surface area contributed by atoms with Crippen LogP contribution in [0, 0.1) is 6.92 Å². The number of thiazole rings is 1. The summed E-state index contributed by atoms with van der Waals surface area (Å²) in [6.45, 7) is 2.01. The average Bonchev–Trinajstić information content (AvgIpc) is 3.28. The highest BCUT2D eigenvalue weighted by Gasteiger charge is 2.48. The molecule has 8 heteroatoms. The molecule has 5 rings (SSSR count). The number of hydroxylamine groups is 1. The normalized spacial score (nSPS) is 14.9. The number of aryl methyl sites for hydroxylation is 1. The number of carbonyl (C=O) groups excluding carboxylic acids is 1. The summed E-state index contributed by atoms with van der Waals surface area (Å²) in [6, 6.07) is 11.4. The number of nitrogens with one attached hydrogen (secondary N) is 1. The van der Waals surface area contributed by atoms with Gasteiger partial charge in [-0.1, -0.05) is 12.1 Å². The fraction of sp³-hybridized carbons (Fsp3) is 0.190. The van der Waals surface area contributed by atoms with Crippen LogP contribution in [0.3, 0.4) is 0 Å². The molecular weight excluding hydrogens is 452 g/mol. The van der Waals surface area contributed by atoms with E-state index >= 15 is 0 Å². The molecule has 3 aromatic heterocycles. The Kier molecular flexibility index (Phi) is 4.31. The first-order valence-electron chi connectivity index (χ1n) is 9.17. The highest BCUT2D eigenvalue weighted by molar-refractivity contribution is 9.10. The minimum Gasteiger partial charge on any atom is -0.297 e. The average molecular weight is 469 g/mol. The molecule has 29 heavy (non-hydrogen) atoms. The molecule has 0 unspecified atom stereocenters. The molecule has 0 atom stereocenters. The van der Waals surface area contributed by atoms with Gasteiger partial charge in [-0.3, -0.25) is 14.4 Å². The first kappa shape index (κ1) is 18.5. The standard InChI is InChI=1S/C21H17BrN4O2S/c1-12-18(26-10-15(22)6-7-17(26)23-12)16-11-29-20(24-16)21(8-9-21)14-4-2-13(3-5-14)19(27)25-28/h2-7,10-11,28H,8-9H2,1H3,(H,25,27). The van der Waals surface area contributed by atoms with E-state index in [1.807, 2.05) is 37.4 Å². The summed E-state index contributed by atoms with van der Waals surface area (Å²) in [5, 5.41) is 12.0. The maximum atomic E-state index is 11.6. The summed E-state index contributed by atoms with van der Waals surface area (Å²) in [7, 11) is 0. The maximum absolute atomic E-state index is 11.6. The Balaban J connectivity index is 1.53. The van der Waals surface area contributed by atoms with Gasteiger partial charge < -0.3 is 0 Å². The molecule has 4 aromatic rings. The number of benzene rings is 1. The predicted octanol–water partition coefficient (Wildman–Crippen LogP) is 4.73. The minimum atomic E-state index is -0.507. The molecule has 0 radical (unpaired) electrons. The van der Waals surface area contributed by atoms with Crippen molar-refractivity contribution in [3.63, 3.8) is 0 Å². The number of imidazole rings is 1. The molecule has 2 N–H and O–H groups in total. The van der Waals surface area contributed by atoms with Crippen molar-refractivity contribution < 1.29 is 10.0 Å². The zero-order valence-corrected chi connectivity index (χ0v) is 17.9. The summed E-state index contributed by atoms with van der Waals surface area (Å²) in [5.74, 6) is -0.507. The summed E-state index contributed by atoms with van der Waals surface area (Å²) in [5.41, 5.74) is 6.93. The summed E-state index contributed by atoms with van der Waals surface area (Å²) >= 11 is 5.20. The molecule has 1 aromatic carbocycles. The van der Waals surface area contributed by atoms with Crippen molar-refractivity contribution >= 4 is 38.8 Å². The van der Waals surface area contributed by atoms with Crippen molar-refractivity contribution in [2.75, 3.05) is 0 Å². The first-order chi connectivity index (χ1) is 14.0. The van der Waals surface area contributed by atoms with Gasteiger partial charge in [0.2, 0.25) is 0 Å². The smallest absolute Gasteiger partial charge is 0.274 e. The lowest BCUT2D eigenvalue weighted by Crippen LogP contribution is -2.18. The summed E-state index contributed by atoms with van der Waals surface area (Å²) in [4.78, 5) is 21.2. The number of amides is 1. The van der Waals surface area contributed by atoms with Crippen LogP contribution in [-0.4, -0.2) is 25.5 Å². The van der Waals surface area contributed by atoms with Gasteiger partial charge in [-0.15, -0.1) is 11.3 Å². The first-order valence-corrected chi connectivity index (χ1v) is 10.8. The maximum Gasteiger partial charge on any atom is 0.274 e. The molecule has 146 valence electrons. The molecule has 6 nitrogen and oxygen atoms in total. The van der Waals surface area contributed by atoms with Crippen molar-refractivity contribution in [2.45, 2.75) is 25.2 Å². The van der Waals surface area contributed by atoms with E-state index in [1.165, 1.54) is 0 Å². The van der Waals surface area contributed by atoms with Crippen molar-refractivity contribution in [2.24, 2.45) is 0 Å². The zero-order valence-electron chi connectivity index (χ0n) is 15.5. The van der Waals surface area contributed by atoms with Crippen molar-refractivity contribution in [3.05, 3.63) is 74.3 Å². The molecule has 1 fully saturated rings. The number of carbonyl (C=O) groups is 1. The number of pyridine rings is 1. The number of hydrogen-bond donors (Lipinski definition) is 2. The van der Waals surface area contributed by atoms with Gasteiger partial charge >= 0.3 is 0 Å². The number of rotatable bonds is 4. The predicted molar refractivity (Wildman–Crippen MR) is 114 cm³/mol. The highest BCUT2D eigenvalue weighted by Crippen LogP contribution is 2.54. The van der Waals surface area contributed by atoms with Gasteiger partial charge in [0, 0.05) is 27.0 Å². The van der Waals surface area contributed by atoms with Gasteiger partial charge in [0.25, 0.3) is 5.91 Å². The Labute approximate surface area is 179 Å². The Bertz CT molecular complexity index is 1240. The largest absolute Gasteiger partial charge is 0.297 e. The minimum absolute atomic E-state index is 0.0912. The third-order valence-corrected chi connectivity index (χ3v) is 6.98. The lowest BCUT2D eigenvalue weighted by atomic mass is 9.95. The van der Waals surface area contributed by atoms with E-state index < -0.39 is 5.91 Å². The second-order valence-electron chi connectivity index (χ2n) is 7.26. The Morgan fingerprint density at radius 3 is 2.66 bits per heavy atom. The number of nitrogens with zero attached hydrogens (tertiary/aromatic N) is 3. The van der Waals surface area contributed by atoms with Crippen LogP contribution in [0.4, 0.5) is 0 Å². The number of hydrogen-bond acceptors (Lipinski definition) is 5. The van der Waals surface area contributed by atoms with E-state index in [-0.39, 0.29) is 5.41 Å². The van der Waals surface area contributed by atoms with Crippen molar-refractivity contribution in [1.82, 2.24) is 19.8 Å². The van der Waals surface area contributed by atoms with Gasteiger partial charge in [-0.05, 0) is 65.5 Å². The molecule has 0 spiro atoms. The van der Waals surface area contributed by atoms with E-state index in [0.29, 0.717) is 5.56 Å². The molecule has 0 bridgehead atoms. The molecule has 0 saturated heterocycles. The molecule has 3 heterocycles. The van der Waals surface area contributed by atoms with E-state index in [0.717, 1.165) is 50.6 Å². The summed E-state index contributed by atoms with van der Waals surface area (Å²) < 4.78 is 3.06. The van der Waals surface area contributed by atoms with Gasteiger partial charge in [0.05, 0.1) is 11.4 Å². The Morgan fingerprint density at radius 2 is 1.97 bits per heavy atom. The van der Waals surface area contributed by atoms with E-state index in [1.54, 1.807) is 28.9 Å². The highest BCUT2D eigenvalue weighted by atomic mass is 79.9.